The number of carbonyl (C=O) groups excluding carboxylic acids is 2. The average Bonchev–Trinajstić information content (AvgIpc) is 3.21. The molecular formula is C18H14O4S2. The second-order valence-corrected chi connectivity index (χ2v) is 7.00. The van der Waals surface area contributed by atoms with E-state index < -0.39 is 0 Å². The highest BCUT2D eigenvalue weighted by Gasteiger charge is 2.10. The lowest BCUT2D eigenvalue weighted by molar-refractivity contribution is -0.134. The molecule has 6 heteroatoms. The maximum Gasteiger partial charge on any atom is 0.316 e. The van der Waals surface area contributed by atoms with Gasteiger partial charge < -0.3 is 9.47 Å². The first kappa shape index (κ1) is 16.4. The van der Waals surface area contributed by atoms with Crippen molar-refractivity contribution in [1.29, 1.82) is 0 Å². The molecule has 0 aliphatic rings. The topological polar surface area (TPSA) is 52.6 Å². The van der Waals surface area contributed by atoms with Crippen LogP contribution in [0.3, 0.4) is 0 Å². The van der Waals surface area contributed by atoms with E-state index in [1.54, 1.807) is 24.3 Å². The summed E-state index contributed by atoms with van der Waals surface area (Å²) in [5.74, 6) is 0.0231. The molecule has 122 valence electrons. The minimum absolute atomic E-state index is 0.222. The molecule has 24 heavy (non-hydrogen) atoms. The van der Waals surface area contributed by atoms with E-state index >= 15 is 0 Å². The van der Waals surface area contributed by atoms with Crippen LogP contribution in [0.25, 0.3) is 0 Å². The summed E-state index contributed by atoms with van der Waals surface area (Å²) in [7, 11) is 0. The zero-order valence-corrected chi connectivity index (χ0v) is 14.3. The van der Waals surface area contributed by atoms with Crippen molar-refractivity contribution >= 4 is 34.6 Å². The molecule has 0 aliphatic heterocycles. The molecule has 2 heterocycles. The van der Waals surface area contributed by atoms with Crippen molar-refractivity contribution in [1.82, 2.24) is 0 Å². The highest BCUT2D eigenvalue weighted by molar-refractivity contribution is 7.10. The third-order valence-electron chi connectivity index (χ3n) is 3.07. The maximum atomic E-state index is 11.9. The monoisotopic (exact) mass is 358 g/mol. The van der Waals surface area contributed by atoms with Gasteiger partial charge in [-0.2, -0.15) is 0 Å². The van der Waals surface area contributed by atoms with Crippen molar-refractivity contribution < 1.29 is 19.1 Å². The number of hydrogen-bond acceptors (Lipinski definition) is 6. The number of carbonyl (C=O) groups is 2. The van der Waals surface area contributed by atoms with Crippen LogP contribution in [0.1, 0.15) is 9.75 Å². The molecule has 0 atom stereocenters. The van der Waals surface area contributed by atoms with E-state index in [0.717, 1.165) is 9.75 Å². The summed E-state index contributed by atoms with van der Waals surface area (Å²) in [5, 5.41) is 3.83. The number of thiophene rings is 2. The van der Waals surface area contributed by atoms with Crippen LogP contribution in [0.4, 0.5) is 0 Å². The van der Waals surface area contributed by atoms with E-state index in [-0.39, 0.29) is 24.8 Å². The predicted octanol–water partition coefficient (Wildman–Crippen LogP) is 4.11. The summed E-state index contributed by atoms with van der Waals surface area (Å²) in [5.41, 5.74) is 0. The summed E-state index contributed by atoms with van der Waals surface area (Å²) in [4.78, 5) is 25.7. The molecule has 4 nitrogen and oxygen atoms in total. The molecule has 0 unspecified atom stereocenters. The van der Waals surface area contributed by atoms with Crippen LogP contribution >= 0.6 is 22.7 Å². The molecule has 0 spiro atoms. The molecule has 0 saturated heterocycles. The van der Waals surface area contributed by atoms with Crippen molar-refractivity contribution in [3.63, 3.8) is 0 Å². The van der Waals surface area contributed by atoms with Gasteiger partial charge in [0, 0.05) is 15.8 Å². The van der Waals surface area contributed by atoms with Crippen LogP contribution in [0.2, 0.25) is 0 Å². The van der Waals surface area contributed by atoms with Crippen molar-refractivity contribution in [2.75, 3.05) is 0 Å². The van der Waals surface area contributed by atoms with E-state index in [1.165, 1.54) is 22.7 Å². The fraction of sp³-hybridized carbons (Fsp3) is 0.111. The van der Waals surface area contributed by atoms with Crippen LogP contribution in [0, 0.1) is 0 Å². The van der Waals surface area contributed by atoms with Crippen LogP contribution in [0.5, 0.6) is 11.5 Å². The zero-order chi connectivity index (χ0) is 16.8. The van der Waals surface area contributed by atoms with Gasteiger partial charge in [0.2, 0.25) is 0 Å². The number of rotatable bonds is 6. The third kappa shape index (κ3) is 4.78. The Morgan fingerprint density at radius 3 is 1.67 bits per heavy atom. The van der Waals surface area contributed by atoms with E-state index in [9.17, 15) is 9.59 Å². The summed E-state index contributed by atoms with van der Waals surface area (Å²) < 4.78 is 10.6. The van der Waals surface area contributed by atoms with Crippen molar-refractivity contribution in [3.05, 3.63) is 69.0 Å². The molecule has 0 saturated carbocycles. The lowest BCUT2D eigenvalue weighted by atomic mass is 10.3. The molecule has 0 amide bonds. The quantitative estimate of drug-likeness (QED) is 0.492. The average molecular weight is 358 g/mol. The fourth-order valence-electron chi connectivity index (χ4n) is 2.05. The molecule has 0 radical (unpaired) electrons. The van der Waals surface area contributed by atoms with Gasteiger partial charge in [0.25, 0.3) is 0 Å². The first-order chi connectivity index (χ1) is 11.7. The third-order valence-corrected chi connectivity index (χ3v) is 4.82. The first-order valence-corrected chi connectivity index (χ1v) is 9.01. The van der Waals surface area contributed by atoms with E-state index in [4.69, 9.17) is 9.47 Å². The van der Waals surface area contributed by atoms with Gasteiger partial charge in [0.05, 0.1) is 12.8 Å². The smallest absolute Gasteiger partial charge is 0.316 e. The minimum Gasteiger partial charge on any atom is -0.426 e. The fourth-order valence-corrected chi connectivity index (χ4v) is 3.43. The van der Waals surface area contributed by atoms with E-state index in [0.29, 0.717) is 11.5 Å². The molecule has 0 aliphatic carbocycles. The normalized spacial score (nSPS) is 10.3. The first-order valence-electron chi connectivity index (χ1n) is 7.25. The Balaban J connectivity index is 1.57. The Kier molecular flexibility index (Phi) is 5.40. The standard InChI is InChI=1S/C18H14O4S2/c19-17(11-15-6-2-8-23-15)21-13-4-1-5-14(10-13)22-18(20)12-16-7-3-9-24-16/h1-10H,11-12H2. The highest BCUT2D eigenvalue weighted by Crippen LogP contribution is 2.21. The van der Waals surface area contributed by atoms with E-state index in [1.807, 2.05) is 35.0 Å². The molecule has 0 fully saturated rings. The van der Waals surface area contributed by atoms with Gasteiger partial charge in [-0.05, 0) is 35.0 Å². The van der Waals surface area contributed by atoms with Gasteiger partial charge >= 0.3 is 11.9 Å². The molecule has 0 bridgehead atoms. The van der Waals surface area contributed by atoms with Crippen molar-refractivity contribution in [2.24, 2.45) is 0 Å². The minimum atomic E-state index is -0.348. The van der Waals surface area contributed by atoms with Crippen LogP contribution in [-0.4, -0.2) is 11.9 Å². The Labute approximate surface area is 147 Å². The van der Waals surface area contributed by atoms with Crippen molar-refractivity contribution in [2.45, 2.75) is 12.8 Å². The van der Waals surface area contributed by atoms with Gasteiger partial charge in [-0.15, -0.1) is 22.7 Å². The second-order valence-electron chi connectivity index (χ2n) is 4.94. The summed E-state index contributed by atoms with van der Waals surface area (Å²) in [6.07, 6.45) is 0.445. The van der Waals surface area contributed by atoms with E-state index in [2.05, 4.69) is 0 Å². The number of benzene rings is 1. The van der Waals surface area contributed by atoms with Gasteiger partial charge in [-0.3, -0.25) is 9.59 Å². The second kappa shape index (κ2) is 7.90. The number of hydrogen-bond donors (Lipinski definition) is 0. The number of esters is 2. The molecule has 3 aromatic rings. The van der Waals surface area contributed by atoms with Gasteiger partial charge in [-0.25, -0.2) is 0 Å². The van der Waals surface area contributed by atoms with Gasteiger partial charge in [-0.1, -0.05) is 18.2 Å². The highest BCUT2D eigenvalue weighted by atomic mass is 32.1. The van der Waals surface area contributed by atoms with Crippen molar-refractivity contribution in [3.8, 4) is 11.5 Å². The lowest BCUT2D eigenvalue weighted by Crippen LogP contribution is -2.12. The molecule has 2 aromatic heterocycles. The van der Waals surface area contributed by atoms with Crippen LogP contribution < -0.4 is 9.47 Å². The SMILES string of the molecule is O=C(Cc1cccs1)Oc1cccc(OC(=O)Cc2cccs2)c1. The summed E-state index contributed by atoms with van der Waals surface area (Å²) in [6.45, 7) is 0. The molecule has 1 aromatic carbocycles. The predicted molar refractivity (Wildman–Crippen MR) is 93.8 cm³/mol. The zero-order valence-electron chi connectivity index (χ0n) is 12.6. The lowest BCUT2D eigenvalue weighted by Gasteiger charge is -2.07. The van der Waals surface area contributed by atoms with Crippen LogP contribution in [-0.2, 0) is 22.4 Å². The van der Waals surface area contributed by atoms with Gasteiger partial charge in [0.15, 0.2) is 0 Å². The number of ether oxygens (including phenoxy) is 2. The molecule has 3 rings (SSSR count). The molecular weight excluding hydrogens is 344 g/mol. The Morgan fingerprint density at radius 1 is 0.750 bits per heavy atom. The molecule has 0 N–H and O–H groups in total. The van der Waals surface area contributed by atoms with Crippen LogP contribution in [0.15, 0.2) is 59.3 Å². The summed E-state index contributed by atoms with van der Waals surface area (Å²) >= 11 is 3.01. The Morgan fingerprint density at radius 2 is 1.25 bits per heavy atom. The maximum absolute atomic E-state index is 11.9. The van der Waals surface area contributed by atoms with Gasteiger partial charge in [0.1, 0.15) is 11.5 Å². The summed E-state index contributed by atoms with van der Waals surface area (Å²) in [6, 6.07) is 14.1. The Bertz CT molecular complexity index is 742. The Hall–Kier alpha value is -2.44. The largest absolute Gasteiger partial charge is 0.426 e.